The van der Waals surface area contributed by atoms with E-state index in [-0.39, 0.29) is 0 Å². The third-order valence-electron chi connectivity index (χ3n) is 3.38. The maximum absolute atomic E-state index is 12.4. The van der Waals surface area contributed by atoms with E-state index in [1.165, 1.54) is 0 Å². The van der Waals surface area contributed by atoms with Crippen LogP contribution in [0.2, 0.25) is 0 Å². The molecule has 2 aliphatic rings. The van der Waals surface area contributed by atoms with Crippen molar-refractivity contribution in [1.29, 1.82) is 0 Å². The van der Waals surface area contributed by atoms with Crippen LogP contribution in [-0.4, -0.2) is 50.1 Å². The summed E-state index contributed by atoms with van der Waals surface area (Å²) in [6.45, 7) is -0.454. The Kier molecular flexibility index (Phi) is 5.16. The number of imide groups is 2. The van der Waals surface area contributed by atoms with Crippen molar-refractivity contribution in [3.8, 4) is 0 Å². The van der Waals surface area contributed by atoms with Crippen LogP contribution in [-0.2, 0) is 14.4 Å². The monoisotopic (exact) mass is 443 g/mol. The van der Waals surface area contributed by atoms with E-state index in [2.05, 4.69) is 26.6 Å². The summed E-state index contributed by atoms with van der Waals surface area (Å²) in [5.41, 5.74) is 0.521. The van der Waals surface area contributed by atoms with Crippen LogP contribution in [0, 0.1) is 0 Å². The van der Waals surface area contributed by atoms with Gasteiger partial charge < -0.3 is 5.32 Å². The lowest BCUT2D eigenvalue weighted by Gasteiger charge is -2.15. The zero-order valence-corrected chi connectivity index (χ0v) is 15.6. The Morgan fingerprint density at radius 3 is 2.40 bits per heavy atom. The number of amides is 5. The molecule has 2 aliphatic heterocycles. The molecule has 0 bridgehead atoms. The van der Waals surface area contributed by atoms with Crippen LogP contribution in [0.4, 0.5) is 15.3 Å². The highest BCUT2D eigenvalue weighted by atomic mass is 79.9. The molecule has 1 aromatic rings. The average molecular weight is 444 g/mol. The van der Waals surface area contributed by atoms with Crippen LogP contribution in [0.25, 0.3) is 0 Å². The fourth-order valence-corrected chi connectivity index (χ4v) is 4.61. The normalized spacial score (nSPS) is 23.2. The molecule has 0 aromatic heterocycles. The Morgan fingerprint density at radius 1 is 1.12 bits per heavy atom. The van der Waals surface area contributed by atoms with Gasteiger partial charge in [0, 0.05) is 10.2 Å². The molecule has 0 unspecified atom stereocenters. The molecule has 2 atom stereocenters. The Morgan fingerprint density at radius 2 is 1.80 bits per heavy atom. The summed E-state index contributed by atoms with van der Waals surface area (Å²) < 4.78 is 0.844. The molecule has 0 spiro atoms. The third kappa shape index (κ3) is 3.88. The van der Waals surface area contributed by atoms with Gasteiger partial charge in [0.05, 0.1) is 0 Å². The fourth-order valence-electron chi connectivity index (χ4n) is 2.25. The lowest BCUT2D eigenvalue weighted by atomic mass is 10.2. The van der Waals surface area contributed by atoms with E-state index in [9.17, 15) is 24.0 Å². The van der Waals surface area contributed by atoms with Crippen LogP contribution in [0.1, 0.15) is 0 Å². The summed E-state index contributed by atoms with van der Waals surface area (Å²) in [5, 5.41) is 1.52. The Balaban J connectivity index is 1.64. The predicted octanol–water partition coefficient (Wildman–Crippen LogP) is 1.80. The molecule has 0 aliphatic carbocycles. The topological polar surface area (TPSA) is 113 Å². The second-order valence-corrected chi connectivity index (χ2v) is 8.22. The van der Waals surface area contributed by atoms with E-state index in [0.717, 1.165) is 9.37 Å². The number of halogens is 1. The molecule has 5 amide bonds. The van der Waals surface area contributed by atoms with Crippen LogP contribution < -0.4 is 10.6 Å². The van der Waals surface area contributed by atoms with Crippen LogP contribution >= 0.6 is 39.5 Å². The van der Waals surface area contributed by atoms with Gasteiger partial charge in [-0.1, -0.05) is 15.9 Å². The van der Waals surface area contributed by atoms with Crippen molar-refractivity contribution in [2.75, 3.05) is 11.9 Å². The summed E-state index contributed by atoms with van der Waals surface area (Å²) in [4.78, 5) is 60.2. The second kappa shape index (κ2) is 7.18. The standard InChI is InChI=1S/C14H10BrN3O5S2/c15-6-1-3-7(4-2-6)16-8(19)5-18-12(21)10(25-14(18)23)9-11(20)17-13(22)24-9/h1-4,9-10H,5H2,(H,16,19)(H,17,20,22)/t9-,10-/m1/s1. The molecule has 1 aromatic carbocycles. The van der Waals surface area contributed by atoms with Crippen LogP contribution in [0.15, 0.2) is 28.7 Å². The molecule has 8 nitrogen and oxygen atoms in total. The molecule has 130 valence electrons. The van der Waals surface area contributed by atoms with Gasteiger partial charge >= 0.3 is 0 Å². The van der Waals surface area contributed by atoms with E-state index < -0.39 is 45.2 Å². The SMILES string of the molecule is O=C(CN1C(=O)S[C@H]([C@H]2SC(=O)NC2=O)C1=O)Nc1ccc(Br)cc1. The molecule has 2 fully saturated rings. The summed E-state index contributed by atoms with van der Waals surface area (Å²) in [5.74, 6) is -1.79. The Bertz CT molecular complexity index is 785. The van der Waals surface area contributed by atoms with E-state index >= 15 is 0 Å². The number of hydrogen-bond donors (Lipinski definition) is 2. The molecule has 25 heavy (non-hydrogen) atoms. The maximum atomic E-state index is 12.4. The highest BCUT2D eigenvalue weighted by Gasteiger charge is 2.50. The molecule has 2 heterocycles. The number of hydrogen-bond acceptors (Lipinski definition) is 7. The molecule has 2 saturated heterocycles. The van der Waals surface area contributed by atoms with E-state index in [1.807, 2.05) is 0 Å². The van der Waals surface area contributed by atoms with Gasteiger partial charge in [-0.25, -0.2) is 0 Å². The number of nitrogens with zero attached hydrogens (tertiary/aromatic N) is 1. The number of benzene rings is 1. The highest BCUT2D eigenvalue weighted by molar-refractivity contribution is 9.10. The van der Waals surface area contributed by atoms with Crippen LogP contribution in [0.5, 0.6) is 0 Å². The van der Waals surface area contributed by atoms with Crippen molar-refractivity contribution in [2.24, 2.45) is 0 Å². The zero-order valence-electron chi connectivity index (χ0n) is 12.4. The van der Waals surface area contributed by atoms with Gasteiger partial charge in [-0.2, -0.15) is 0 Å². The largest absolute Gasteiger partial charge is 0.325 e. The maximum Gasteiger partial charge on any atom is 0.289 e. The smallest absolute Gasteiger partial charge is 0.289 e. The summed E-state index contributed by atoms with van der Waals surface area (Å²) >= 11 is 4.60. The van der Waals surface area contributed by atoms with E-state index in [0.29, 0.717) is 29.2 Å². The first-order valence-electron chi connectivity index (χ1n) is 6.94. The summed E-state index contributed by atoms with van der Waals surface area (Å²) in [7, 11) is 0. The van der Waals surface area contributed by atoms with Gasteiger partial charge in [-0.15, -0.1) is 0 Å². The molecule has 0 saturated carbocycles. The quantitative estimate of drug-likeness (QED) is 0.728. The molecule has 11 heteroatoms. The first kappa shape index (κ1) is 18.0. The number of carbonyl (C=O) groups is 5. The third-order valence-corrected chi connectivity index (χ3v) is 6.29. The molecule has 2 N–H and O–H groups in total. The van der Waals surface area contributed by atoms with E-state index in [4.69, 9.17) is 0 Å². The van der Waals surface area contributed by atoms with Gasteiger partial charge in [-0.05, 0) is 47.8 Å². The van der Waals surface area contributed by atoms with Crippen molar-refractivity contribution in [2.45, 2.75) is 10.5 Å². The molecular weight excluding hydrogens is 434 g/mol. The minimum Gasteiger partial charge on any atom is -0.325 e. The minimum absolute atomic E-state index is 0.454. The number of anilines is 1. The zero-order chi connectivity index (χ0) is 18.1. The summed E-state index contributed by atoms with van der Waals surface area (Å²) in [6.07, 6.45) is 0. The van der Waals surface area contributed by atoms with E-state index in [1.54, 1.807) is 24.3 Å². The number of carbonyl (C=O) groups excluding carboxylic acids is 5. The first-order chi connectivity index (χ1) is 11.8. The Hall–Kier alpha value is -1.85. The van der Waals surface area contributed by atoms with Crippen LogP contribution in [0.3, 0.4) is 0 Å². The van der Waals surface area contributed by atoms with Gasteiger partial charge in [0.2, 0.25) is 17.7 Å². The highest BCUT2D eigenvalue weighted by Crippen LogP contribution is 2.36. The number of thioether (sulfide) groups is 2. The molecule has 3 rings (SSSR count). The van der Waals surface area contributed by atoms with Gasteiger partial charge in [0.15, 0.2) is 0 Å². The van der Waals surface area contributed by atoms with Gasteiger partial charge in [0.25, 0.3) is 10.5 Å². The summed E-state index contributed by atoms with van der Waals surface area (Å²) in [6, 6.07) is 6.80. The second-order valence-electron chi connectivity index (χ2n) is 5.10. The van der Waals surface area contributed by atoms with Gasteiger partial charge in [0.1, 0.15) is 17.0 Å². The molecule has 0 radical (unpaired) electrons. The van der Waals surface area contributed by atoms with Crippen molar-refractivity contribution in [1.82, 2.24) is 10.2 Å². The first-order valence-corrected chi connectivity index (χ1v) is 9.49. The average Bonchev–Trinajstić information content (AvgIpc) is 3.02. The number of nitrogens with one attached hydrogen (secondary N) is 2. The lowest BCUT2D eigenvalue weighted by molar-refractivity contribution is -0.131. The Labute approximate surface area is 158 Å². The van der Waals surface area contributed by atoms with Crippen molar-refractivity contribution in [3.05, 3.63) is 28.7 Å². The molecular formula is C14H10BrN3O5S2. The van der Waals surface area contributed by atoms with Crippen molar-refractivity contribution >= 4 is 73.3 Å². The van der Waals surface area contributed by atoms with Crippen molar-refractivity contribution < 1.29 is 24.0 Å². The minimum atomic E-state index is -1.01. The predicted molar refractivity (Wildman–Crippen MR) is 96.2 cm³/mol. The fraction of sp³-hybridized carbons (Fsp3) is 0.214. The van der Waals surface area contributed by atoms with Crippen molar-refractivity contribution in [3.63, 3.8) is 0 Å². The van der Waals surface area contributed by atoms with Gasteiger partial charge in [-0.3, -0.25) is 34.2 Å². The number of rotatable bonds is 4. The lowest BCUT2D eigenvalue weighted by Crippen LogP contribution is -2.42.